The summed E-state index contributed by atoms with van der Waals surface area (Å²) in [4.78, 5) is 23.9. The summed E-state index contributed by atoms with van der Waals surface area (Å²) in [7, 11) is 1.41. The summed E-state index contributed by atoms with van der Waals surface area (Å²) in [5.74, 6) is -0.743. The highest BCUT2D eigenvalue weighted by Crippen LogP contribution is 2.28. The lowest BCUT2D eigenvalue weighted by Gasteiger charge is -2.14. The van der Waals surface area contributed by atoms with Crippen LogP contribution in [0.3, 0.4) is 0 Å². The van der Waals surface area contributed by atoms with E-state index in [0.717, 1.165) is 4.88 Å². The van der Waals surface area contributed by atoms with Gasteiger partial charge in [-0.25, -0.2) is 4.79 Å². The first-order valence-corrected chi connectivity index (χ1v) is 7.76. The summed E-state index contributed by atoms with van der Waals surface area (Å²) in [6.45, 7) is 1.71. The second kappa shape index (κ2) is 7.64. The van der Waals surface area contributed by atoms with Crippen LogP contribution in [-0.2, 0) is 4.79 Å². The molecule has 1 heterocycles. The van der Waals surface area contributed by atoms with Gasteiger partial charge < -0.3 is 19.9 Å². The molecule has 23 heavy (non-hydrogen) atoms. The van der Waals surface area contributed by atoms with Crippen LogP contribution in [0, 0.1) is 0 Å². The second-order valence-electron chi connectivity index (χ2n) is 4.76. The fourth-order valence-electron chi connectivity index (χ4n) is 1.96. The van der Waals surface area contributed by atoms with Crippen LogP contribution in [0.2, 0.25) is 0 Å². The Hall–Kier alpha value is -2.54. The van der Waals surface area contributed by atoms with E-state index in [-0.39, 0.29) is 29.9 Å². The second-order valence-corrected chi connectivity index (χ2v) is 5.74. The number of amides is 1. The zero-order chi connectivity index (χ0) is 16.8. The number of carbonyl (C=O) groups excluding carboxylic acids is 1. The van der Waals surface area contributed by atoms with Gasteiger partial charge in [-0.15, -0.1) is 11.3 Å². The average molecular weight is 335 g/mol. The van der Waals surface area contributed by atoms with Gasteiger partial charge in [-0.3, -0.25) is 4.79 Å². The zero-order valence-corrected chi connectivity index (χ0v) is 13.6. The van der Waals surface area contributed by atoms with Crippen LogP contribution in [0.1, 0.15) is 28.2 Å². The minimum absolute atomic E-state index is 0.0879. The maximum atomic E-state index is 11.9. The van der Waals surface area contributed by atoms with Crippen LogP contribution in [0.4, 0.5) is 0 Å². The summed E-state index contributed by atoms with van der Waals surface area (Å²) in [6.07, 6.45) is 0. The lowest BCUT2D eigenvalue weighted by molar-refractivity contribution is -0.123. The molecule has 1 atom stereocenters. The molecule has 0 aliphatic rings. The number of methoxy groups -OCH3 is 1. The number of carboxylic acid groups (broad SMARTS) is 1. The zero-order valence-electron chi connectivity index (χ0n) is 12.7. The van der Waals surface area contributed by atoms with Gasteiger partial charge in [0.1, 0.15) is 0 Å². The summed E-state index contributed by atoms with van der Waals surface area (Å²) < 4.78 is 10.5. The third-order valence-electron chi connectivity index (χ3n) is 3.12. The Labute approximate surface area is 137 Å². The molecule has 0 saturated carbocycles. The van der Waals surface area contributed by atoms with Crippen molar-refractivity contribution < 1.29 is 24.2 Å². The summed E-state index contributed by atoms with van der Waals surface area (Å²) in [5, 5.41) is 13.7. The molecule has 2 aromatic rings. The highest BCUT2D eigenvalue weighted by Gasteiger charge is 2.13. The monoisotopic (exact) mass is 335 g/mol. The van der Waals surface area contributed by atoms with Crippen molar-refractivity contribution in [3.8, 4) is 11.5 Å². The van der Waals surface area contributed by atoms with E-state index in [1.165, 1.54) is 25.3 Å². The van der Waals surface area contributed by atoms with Crippen molar-refractivity contribution in [3.05, 3.63) is 46.2 Å². The van der Waals surface area contributed by atoms with Gasteiger partial charge in [-0.05, 0) is 36.6 Å². The fraction of sp³-hybridized carbons (Fsp3) is 0.250. The molecule has 1 amide bonds. The van der Waals surface area contributed by atoms with E-state index in [2.05, 4.69) is 5.32 Å². The third kappa shape index (κ3) is 4.46. The van der Waals surface area contributed by atoms with Gasteiger partial charge in [-0.1, -0.05) is 6.07 Å². The lowest BCUT2D eigenvalue weighted by Crippen LogP contribution is -2.30. The Morgan fingerprint density at radius 1 is 1.30 bits per heavy atom. The molecular formula is C16H17NO5S. The largest absolute Gasteiger partial charge is 0.493 e. The normalized spacial score (nSPS) is 11.6. The summed E-state index contributed by atoms with van der Waals surface area (Å²) >= 11 is 1.57. The van der Waals surface area contributed by atoms with Crippen molar-refractivity contribution in [2.24, 2.45) is 0 Å². The van der Waals surface area contributed by atoms with E-state index in [9.17, 15) is 9.59 Å². The maximum absolute atomic E-state index is 11.9. The molecule has 1 unspecified atom stereocenters. The minimum Gasteiger partial charge on any atom is -0.493 e. The van der Waals surface area contributed by atoms with E-state index in [0.29, 0.717) is 5.75 Å². The highest BCUT2D eigenvalue weighted by atomic mass is 32.1. The van der Waals surface area contributed by atoms with Crippen LogP contribution in [0.15, 0.2) is 35.7 Å². The number of aromatic carboxylic acids is 1. The van der Waals surface area contributed by atoms with Crippen molar-refractivity contribution in [2.75, 3.05) is 13.7 Å². The average Bonchev–Trinajstić information content (AvgIpc) is 3.07. The molecule has 2 rings (SSSR count). The summed E-state index contributed by atoms with van der Waals surface area (Å²) in [6, 6.07) is 7.99. The van der Waals surface area contributed by atoms with Crippen molar-refractivity contribution in [1.29, 1.82) is 0 Å². The van der Waals surface area contributed by atoms with Gasteiger partial charge in [0.2, 0.25) is 0 Å². The van der Waals surface area contributed by atoms with E-state index < -0.39 is 5.97 Å². The quantitative estimate of drug-likeness (QED) is 0.813. The first-order valence-electron chi connectivity index (χ1n) is 6.88. The fourth-order valence-corrected chi connectivity index (χ4v) is 2.69. The molecule has 122 valence electrons. The van der Waals surface area contributed by atoms with E-state index in [1.54, 1.807) is 11.3 Å². The molecule has 2 N–H and O–H groups in total. The van der Waals surface area contributed by atoms with Crippen molar-refractivity contribution in [2.45, 2.75) is 13.0 Å². The van der Waals surface area contributed by atoms with E-state index in [1.807, 2.05) is 24.4 Å². The van der Waals surface area contributed by atoms with Crippen LogP contribution < -0.4 is 14.8 Å². The molecule has 0 aliphatic heterocycles. The maximum Gasteiger partial charge on any atom is 0.335 e. The molecular weight excluding hydrogens is 318 g/mol. The number of rotatable bonds is 7. The lowest BCUT2D eigenvalue weighted by atomic mass is 10.2. The molecule has 7 heteroatoms. The van der Waals surface area contributed by atoms with Crippen molar-refractivity contribution in [1.82, 2.24) is 5.32 Å². The Kier molecular flexibility index (Phi) is 5.59. The van der Waals surface area contributed by atoms with Crippen molar-refractivity contribution >= 4 is 23.2 Å². The van der Waals surface area contributed by atoms with Gasteiger partial charge >= 0.3 is 5.97 Å². The number of hydrogen-bond donors (Lipinski definition) is 2. The van der Waals surface area contributed by atoms with Gasteiger partial charge in [0.25, 0.3) is 5.91 Å². The van der Waals surface area contributed by atoms with Crippen molar-refractivity contribution in [3.63, 3.8) is 0 Å². The first-order chi connectivity index (χ1) is 11.0. The number of thiophene rings is 1. The number of carbonyl (C=O) groups is 2. The third-order valence-corrected chi connectivity index (χ3v) is 4.17. The Balaban J connectivity index is 1.95. The molecule has 0 saturated heterocycles. The molecule has 0 radical (unpaired) electrons. The molecule has 6 nitrogen and oxygen atoms in total. The number of ether oxygens (including phenoxy) is 2. The van der Waals surface area contributed by atoms with Crippen LogP contribution in [-0.4, -0.2) is 30.7 Å². The SMILES string of the molecule is COc1cc(C(=O)O)ccc1OCC(=O)NC(C)c1cccs1. The molecule has 0 aliphatic carbocycles. The van der Waals surface area contributed by atoms with Gasteiger partial charge in [-0.2, -0.15) is 0 Å². The first kappa shape index (κ1) is 16.8. The number of nitrogens with one attached hydrogen (secondary N) is 1. The van der Waals surface area contributed by atoms with Crippen LogP contribution in [0.5, 0.6) is 11.5 Å². The summed E-state index contributed by atoms with van der Waals surface area (Å²) in [5.41, 5.74) is 0.0879. The Bertz CT molecular complexity index is 684. The highest BCUT2D eigenvalue weighted by molar-refractivity contribution is 7.10. The Morgan fingerprint density at radius 3 is 2.70 bits per heavy atom. The van der Waals surface area contributed by atoms with Gasteiger partial charge in [0.05, 0.1) is 18.7 Å². The number of hydrogen-bond acceptors (Lipinski definition) is 5. The molecule has 0 bridgehead atoms. The number of benzene rings is 1. The standard InChI is InChI=1S/C16H17NO5S/c1-10(14-4-3-7-23-14)17-15(18)9-22-12-6-5-11(16(19)20)8-13(12)21-2/h3-8,10H,9H2,1-2H3,(H,17,18)(H,19,20). The van der Waals surface area contributed by atoms with E-state index >= 15 is 0 Å². The smallest absolute Gasteiger partial charge is 0.335 e. The topological polar surface area (TPSA) is 84.9 Å². The predicted molar refractivity (Wildman–Crippen MR) is 86.3 cm³/mol. The van der Waals surface area contributed by atoms with Crippen LogP contribution >= 0.6 is 11.3 Å². The predicted octanol–water partition coefficient (Wildman–Crippen LogP) is 2.71. The molecule has 1 aromatic heterocycles. The minimum atomic E-state index is -1.06. The molecule has 0 fully saturated rings. The number of carboxylic acids is 1. The molecule has 1 aromatic carbocycles. The van der Waals surface area contributed by atoms with Gasteiger partial charge in [0, 0.05) is 4.88 Å². The molecule has 0 spiro atoms. The van der Waals surface area contributed by atoms with Crippen LogP contribution in [0.25, 0.3) is 0 Å². The van der Waals surface area contributed by atoms with Gasteiger partial charge in [0.15, 0.2) is 18.1 Å². The Morgan fingerprint density at radius 2 is 2.09 bits per heavy atom. The van der Waals surface area contributed by atoms with E-state index in [4.69, 9.17) is 14.6 Å².